The Morgan fingerprint density at radius 2 is 1.75 bits per heavy atom. The van der Waals surface area contributed by atoms with Crippen LogP contribution >= 0.6 is 35.6 Å². The second-order valence-electron chi connectivity index (χ2n) is 2.31. The predicted molar refractivity (Wildman–Crippen MR) is 54.1 cm³/mol. The van der Waals surface area contributed by atoms with E-state index in [4.69, 9.17) is 28.9 Å². The maximum absolute atomic E-state index is 5.80. The van der Waals surface area contributed by atoms with Crippen LogP contribution in [0.5, 0.6) is 0 Å². The zero-order valence-corrected chi connectivity index (χ0v) is 8.75. The molecule has 0 bridgehead atoms. The second kappa shape index (κ2) is 4.87. The van der Waals surface area contributed by atoms with Gasteiger partial charge in [-0.05, 0) is 6.92 Å². The Kier molecular flexibility index (Phi) is 4.87. The van der Waals surface area contributed by atoms with Crippen molar-refractivity contribution in [3.63, 3.8) is 0 Å². The first-order valence-corrected chi connectivity index (χ1v) is 3.93. The monoisotopic (exact) mass is 226 g/mol. The molecule has 0 fully saturated rings. The molecule has 1 aromatic heterocycles. The van der Waals surface area contributed by atoms with Gasteiger partial charge in [-0.25, -0.2) is 0 Å². The Morgan fingerprint density at radius 3 is 2.00 bits per heavy atom. The molecule has 0 radical (unpaired) electrons. The van der Waals surface area contributed by atoms with Crippen molar-refractivity contribution in [1.29, 1.82) is 0 Å². The van der Waals surface area contributed by atoms with Gasteiger partial charge in [-0.3, -0.25) is 4.98 Å². The van der Waals surface area contributed by atoms with Crippen molar-refractivity contribution in [2.24, 2.45) is 5.73 Å². The molecule has 0 unspecified atom stereocenters. The van der Waals surface area contributed by atoms with E-state index in [0.29, 0.717) is 10.0 Å². The third-order valence-electron chi connectivity index (χ3n) is 1.35. The predicted octanol–water partition coefficient (Wildman–Crippen LogP) is 2.83. The normalized spacial score (nSPS) is 12.0. The minimum atomic E-state index is -0.155. The van der Waals surface area contributed by atoms with Crippen LogP contribution in [0.15, 0.2) is 12.4 Å². The average molecular weight is 228 g/mol. The number of hydrogen-bond acceptors (Lipinski definition) is 2. The highest BCUT2D eigenvalue weighted by Gasteiger charge is 2.09. The summed E-state index contributed by atoms with van der Waals surface area (Å²) in [4.78, 5) is 3.81. The Balaban J connectivity index is 0.00000121. The standard InChI is InChI=1S/C7H8Cl2N2.ClH/c1-4(10)7-5(8)2-11-3-6(7)9;/h2-4H,10H2,1H3;1H/t4-;/m0./s1. The molecule has 0 aliphatic rings. The fourth-order valence-corrected chi connectivity index (χ4v) is 1.57. The van der Waals surface area contributed by atoms with Gasteiger partial charge in [0.1, 0.15) is 0 Å². The summed E-state index contributed by atoms with van der Waals surface area (Å²) >= 11 is 11.6. The van der Waals surface area contributed by atoms with Crippen LogP contribution in [0, 0.1) is 0 Å². The molecule has 1 rings (SSSR count). The zero-order valence-electron chi connectivity index (χ0n) is 6.42. The SMILES string of the molecule is C[C@H](N)c1c(Cl)cncc1Cl.Cl. The van der Waals surface area contributed by atoms with Crippen molar-refractivity contribution in [3.8, 4) is 0 Å². The summed E-state index contributed by atoms with van der Waals surface area (Å²) in [5.41, 5.74) is 6.37. The molecule has 0 saturated heterocycles. The van der Waals surface area contributed by atoms with E-state index in [0.717, 1.165) is 5.56 Å². The van der Waals surface area contributed by atoms with Gasteiger partial charge in [0, 0.05) is 24.0 Å². The van der Waals surface area contributed by atoms with Crippen LogP contribution < -0.4 is 5.73 Å². The summed E-state index contributed by atoms with van der Waals surface area (Å²) in [7, 11) is 0. The number of nitrogens with zero attached hydrogens (tertiary/aromatic N) is 1. The van der Waals surface area contributed by atoms with E-state index in [2.05, 4.69) is 4.98 Å². The first-order chi connectivity index (χ1) is 5.13. The molecule has 0 aromatic carbocycles. The molecule has 0 amide bonds. The Morgan fingerprint density at radius 1 is 1.33 bits per heavy atom. The number of aromatic nitrogens is 1. The highest BCUT2D eigenvalue weighted by Crippen LogP contribution is 2.27. The van der Waals surface area contributed by atoms with Gasteiger partial charge in [-0.15, -0.1) is 12.4 Å². The number of halogens is 3. The van der Waals surface area contributed by atoms with E-state index in [9.17, 15) is 0 Å². The number of hydrogen-bond donors (Lipinski definition) is 1. The maximum atomic E-state index is 5.80. The lowest BCUT2D eigenvalue weighted by Gasteiger charge is -2.08. The first kappa shape index (κ1) is 12.0. The number of rotatable bonds is 1. The molecule has 0 spiro atoms. The first-order valence-electron chi connectivity index (χ1n) is 3.17. The average Bonchev–Trinajstić information content (AvgIpc) is 1.85. The van der Waals surface area contributed by atoms with Gasteiger partial charge in [-0.2, -0.15) is 0 Å². The van der Waals surface area contributed by atoms with Crippen molar-refractivity contribution < 1.29 is 0 Å². The van der Waals surface area contributed by atoms with Crippen LogP contribution in [-0.4, -0.2) is 4.98 Å². The Hall–Kier alpha value is -0.0200. The minimum Gasteiger partial charge on any atom is -0.324 e. The molecule has 2 nitrogen and oxygen atoms in total. The Bertz CT molecular complexity index is 243. The molecule has 0 aliphatic carbocycles. The van der Waals surface area contributed by atoms with Crippen molar-refractivity contribution in [1.82, 2.24) is 4.98 Å². The van der Waals surface area contributed by atoms with E-state index >= 15 is 0 Å². The summed E-state index contributed by atoms with van der Waals surface area (Å²) in [5.74, 6) is 0. The molecular formula is C7H9Cl3N2. The molecule has 0 aliphatic heterocycles. The largest absolute Gasteiger partial charge is 0.324 e. The topological polar surface area (TPSA) is 38.9 Å². The fraction of sp³-hybridized carbons (Fsp3) is 0.286. The molecule has 68 valence electrons. The molecular weight excluding hydrogens is 218 g/mol. The molecule has 2 N–H and O–H groups in total. The second-order valence-corrected chi connectivity index (χ2v) is 3.12. The van der Waals surface area contributed by atoms with Gasteiger partial charge in [0.25, 0.3) is 0 Å². The lowest BCUT2D eigenvalue weighted by molar-refractivity contribution is 0.816. The summed E-state index contributed by atoms with van der Waals surface area (Å²) < 4.78 is 0. The Labute approximate surface area is 87.5 Å². The van der Waals surface area contributed by atoms with Gasteiger partial charge in [0.05, 0.1) is 10.0 Å². The number of pyridine rings is 1. The van der Waals surface area contributed by atoms with E-state index in [1.807, 2.05) is 6.92 Å². The van der Waals surface area contributed by atoms with Crippen LogP contribution in [0.25, 0.3) is 0 Å². The maximum Gasteiger partial charge on any atom is 0.0651 e. The van der Waals surface area contributed by atoms with Crippen molar-refractivity contribution in [2.45, 2.75) is 13.0 Å². The summed E-state index contributed by atoms with van der Waals surface area (Å²) in [5, 5.41) is 1.04. The molecule has 0 saturated carbocycles. The van der Waals surface area contributed by atoms with E-state index in [1.165, 1.54) is 12.4 Å². The summed E-state index contributed by atoms with van der Waals surface area (Å²) in [6, 6.07) is -0.155. The van der Waals surface area contributed by atoms with Crippen molar-refractivity contribution >= 4 is 35.6 Å². The fourth-order valence-electron chi connectivity index (χ4n) is 0.856. The summed E-state index contributed by atoms with van der Waals surface area (Å²) in [6.07, 6.45) is 3.07. The van der Waals surface area contributed by atoms with Crippen LogP contribution in [0.3, 0.4) is 0 Å². The molecule has 1 aromatic rings. The smallest absolute Gasteiger partial charge is 0.0651 e. The molecule has 1 heterocycles. The quantitative estimate of drug-likeness (QED) is 0.801. The highest BCUT2D eigenvalue weighted by atomic mass is 35.5. The zero-order chi connectivity index (χ0) is 8.43. The van der Waals surface area contributed by atoms with Crippen LogP contribution in [0.2, 0.25) is 10.0 Å². The minimum absolute atomic E-state index is 0. The molecule has 12 heavy (non-hydrogen) atoms. The molecule has 5 heteroatoms. The lowest BCUT2D eigenvalue weighted by Crippen LogP contribution is -2.06. The van der Waals surface area contributed by atoms with Gasteiger partial charge in [-0.1, -0.05) is 23.2 Å². The lowest BCUT2D eigenvalue weighted by atomic mass is 10.1. The van der Waals surface area contributed by atoms with Crippen LogP contribution in [-0.2, 0) is 0 Å². The third kappa shape index (κ3) is 2.49. The van der Waals surface area contributed by atoms with Gasteiger partial charge in [0.15, 0.2) is 0 Å². The van der Waals surface area contributed by atoms with Crippen LogP contribution in [0.4, 0.5) is 0 Å². The summed E-state index contributed by atoms with van der Waals surface area (Å²) in [6.45, 7) is 1.83. The highest BCUT2D eigenvalue weighted by molar-refractivity contribution is 6.35. The van der Waals surface area contributed by atoms with Gasteiger partial charge < -0.3 is 5.73 Å². The van der Waals surface area contributed by atoms with E-state index < -0.39 is 0 Å². The van der Waals surface area contributed by atoms with E-state index in [-0.39, 0.29) is 18.4 Å². The van der Waals surface area contributed by atoms with Crippen molar-refractivity contribution in [2.75, 3.05) is 0 Å². The van der Waals surface area contributed by atoms with Gasteiger partial charge >= 0.3 is 0 Å². The number of nitrogens with two attached hydrogens (primary N) is 1. The van der Waals surface area contributed by atoms with E-state index in [1.54, 1.807) is 0 Å². The van der Waals surface area contributed by atoms with Gasteiger partial charge in [0.2, 0.25) is 0 Å². The molecule has 1 atom stereocenters. The third-order valence-corrected chi connectivity index (χ3v) is 1.95. The van der Waals surface area contributed by atoms with Crippen LogP contribution in [0.1, 0.15) is 18.5 Å². The van der Waals surface area contributed by atoms with Crippen molar-refractivity contribution in [3.05, 3.63) is 28.0 Å².